The lowest BCUT2D eigenvalue weighted by Crippen LogP contribution is -2.30. The molecule has 2 N–H and O–H groups in total. The Labute approximate surface area is 200 Å². The van der Waals surface area contributed by atoms with Gasteiger partial charge in [-0.2, -0.15) is 0 Å². The number of benzene rings is 3. The number of amides is 4. The van der Waals surface area contributed by atoms with Crippen molar-refractivity contribution in [2.45, 2.75) is 0 Å². The zero-order chi connectivity index (χ0) is 24.1. The van der Waals surface area contributed by atoms with E-state index < -0.39 is 11.9 Å². The van der Waals surface area contributed by atoms with Crippen molar-refractivity contribution in [2.24, 2.45) is 0 Å². The second-order valence-electron chi connectivity index (χ2n) is 7.22. The van der Waals surface area contributed by atoms with Crippen LogP contribution in [0.15, 0.2) is 78.5 Å². The van der Waals surface area contributed by atoms with Gasteiger partial charge in [-0.3, -0.25) is 9.59 Å². The fourth-order valence-electron chi connectivity index (χ4n) is 3.31. The summed E-state index contributed by atoms with van der Waals surface area (Å²) in [5.41, 5.74) is 1.73. The Hall–Kier alpha value is -4.30. The van der Waals surface area contributed by atoms with Crippen LogP contribution in [-0.2, 0) is 9.59 Å². The predicted octanol–water partition coefficient (Wildman–Crippen LogP) is 4.46. The van der Waals surface area contributed by atoms with Crippen molar-refractivity contribution in [3.8, 4) is 11.5 Å². The summed E-state index contributed by atoms with van der Waals surface area (Å²) in [7, 11) is 1.46. The largest absolute Gasteiger partial charge is 0.493 e. The quantitative estimate of drug-likeness (QED) is 0.387. The summed E-state index contributed by atoms with van der Waals surface area (Å²) >= 11 is 5.98. The third-order valence-electron chi connectivity index (χ3n) is 4.86. The van der Waals surface area contributed by atoms with E-state index in [9.17, 15) is 14.4 Å². The molecule has 34 heavy (non-hydrogen) atoms. The van der Waals surface area contributed by atoms with E-state index in [1.54, 1.807) is 48.5 Å². The number of para-hydroxylation sites is 1. The number of methoxy groups -OCH3 is 1. The molecule has 0 aliphatic carbocycles. The minimum absolute atomic E-state index is 0.0999. The number of imide groups is 1. The minimum atomic E-state index is -0.574. The fourth-order valence-corrected chi connectivity index (χ4v) is 3.49. The molecule has 4 rings (SSSR count). The Morgan fingerprint density at radius 1 is 1.03 bits per heavy atom. The van der Waals surface area contributed by atoms with Crippen LogP contribution in [0.1, 0.15) is 5.56 Å². The third-order valence-corrected chi connectivity index (χ3v) is 5.09. The number of hydrogen-bond donors (Lipinski definition) is 2. The Kier molecular flexibility index (Phi) is 6.79. The van der Waals surface area contributed by atoms with E-state index in [1.165, 1.54) is 19.3 Å². The summed E-state index contributed by atoms with van der Waals surface area (Å²) in [5, 5.41) is 5.71. The van der Waals surface area contributed by atoms with E-state index in [1.807, 2.05) is 18.2 Å². The maximum atomic E-state index is 12.8. The van der Waals surface area contributed by atoms with Gasteiger partial charge in [0, 0.05) is 10.7 Å². The number of carbonyl (C=O) groups excluding carboxylic acids is 3. The van der Waals surface area contributed by atoms with Crippen molar-refractivity contribution in [3.63, 3.8) is 0 Å². The summed E-state index contributed by atoms with van der Waals surface area (Å²) in [6, 6.07) is 19.9. The first kappa shape index (κ1) is 22.9. The molecule has 4 amide bonds. The van der Waals surface area contributed by atoms with Gasteiger partial charge in [-0.05, 0) is 54.1 Å². The smallest absolute Gasteiger partial charge is 0.333 e. The molecule has 1 fully saturated rings. The van der Waals surface area contributed by atoms with Gasteiger partial charge in [0.05, 0.1) is 12.8 Å². The monoisotopic (exact) mass is 477 g/mol. The summed E-state index contributed by atoms with van der Waals surface area (Å²) in [6.45, 7) is -0.213. The maximum absolute atomic E-state index is 12.8. The van der Waals surface area contributed by atoms with Crippen LogP contribution < -0.4 is 25.0 Å². The van der Waals surface area contributed by atoms with Crippen LogP contribution in [-0.4, -0.2) is 31.6 Å². The van der Waals surface area contributed by atoms with Gasteiger partial charge in [0.15, 0.2) is 18.1 Å². The Morgan fingerprint density at radius 3 is 2.56 bits per heavy atom. The van der Waals surface area contributed by atoms with Crippen molar-refractivity contribution in [2.75, 3.05) is 23.9 Å². The summed E-state index contributed by atoms with van der Waals surface area (Å²) in [5.74, 6) is -0.107. The van der Waals surface area contributed by atoms with Crippen molar-refractivity contribution in [1.29, 1.82) is 0 Å². The highest BCUT2D eigenvalue weighted by molar-refractivity contribution is 6.32. The molecule has 8 nitrogen and oxygen atoms in total. The molecule has 1 aliphatic rings. The van der Waals surface area contributed by atoms with E-state index in [2.05, 4.69) is 10.6 Å². The molecule has 0 spiro atoms. The molecule has 3 aromatic carbocycles. The highest BCUT2D eigenvalue weighted by Gasteiger charge is 2.35. The predicted molar refractivity (Wildman–Crippen MR) is 129 cm³/mol. The molecule has 0 bridgehead atoms. The zero-order valence-electron chi connectivity index (χ0n) is 18.1. The number of hydrogen-bond acceptors (Lipinski definition) is 5. The maximum Gasteiger partial charge on any atom is 0.333 e. The molecule has 0 radical (unpaired) electrons. The van der Waals surface area contributed by atoms with Crippen LogP contribution in [0.2, 0.25) is 5.02 Å². The first-order valence-electron chi connectivity index (χ1n) is 10.2. The van der Waals surface area contributed by atoms with E-state index >= 15 is 0 Å². The number of urea groups is 1. The van der Waals surface area contributed by atoms with Crippen molar-refractivity contribution >= 4 is 46.9 Å². The molecule has 3 aromatic rings. The van der Waals surface area contributed by atoms with Gasteiger partial charge in [0.1, 0.15) is 5.70 Å². The van der Waals surface area contributed by atoms with Crippen molar-refractivity contribution in [3.05, 3.63) is 89.1 Å². The number of carbonyl (C=O) groups is 3. The van der Waals surface area contributed by atoms with Crippen molar-refractivity contribution < 1.29 is 23.9 Å². The summed E-state index contributed by atoms with van der Waals surface area (Å²) in [4.78, 5) is 38.3. The number of nitrogens with zero attached hydrogens (tertiary/aromatic N) is 1. The van der Waals surface area contributed by atoms with Crippen LogP contribution in [0.25, 0.3) is 6.08 Å². The Morgan fingerprint density at radius 2 is 1.82 bits per heavy atom. The molecule has 1 heterocycles. The average Bonchev–Trinajstić information content (AvgIpc) is 3.11. The van der Waals surface area contributed by atoms with E-state index in [0.29, 0.717) is 33.5 Å². The molecular weight excluding hydrogens is 458 g/mol. The number of rotatable bonds is 7. The lowest BCUT2D eigenvalue weighted by Gasteiger charge is -2.12. The molecule has 0 unspecified atom stereocenters. The molecule has 0 atom stereocenters. The standard InChI is InChI=1S/C25H20ClN3O5/c1-33-22-13-16(10-11-21(22)34-15-23(30)27-18-7-3-2-4-8-18)12-20-24(31)29(25(32)28-20)19-9-5-6-17(26)14-19/h2-14H,15H2,1H3,(H,27,30)(H,28,32)/b20-12+. The number of halogens is 1. The van der Waals surface area contributed by atoms with Gasteiger partial charge in [-0.1, -0.05) is 41.9 Å². The van der Waals surface area contributed by atoms with Crippen LogP contribution >= 0.6 is 11.6 Å². The summed E-state index contributed by atoms with van der Waals surface area (Å²) in [6.07, 6.45) is 1.53. The third kappa shape index (κ3) is 5.19. The highest BCUT2D eigenvalue weighted by atomic mass is 35.5. The molecule has 172 valence electrons. The summed E-state index contributed by atoms with van der Waals surface area (Å²) < 4.78 is 11.0. The lowest BCUT2D eigenvalue weighted by molar-refractivity contribution is -0.118. The number of ether oxygens (including phenoxy) is 2. The normalized spacial score (nSPS) is 14.2. The second-order valence-corrected chi connectivity index (χ2v) is 7.66. The van der Waals surface area contributed by atoms with E-state index in [0.717, 1.165) is 4.90 Å². The molecular formula is C25H20ClN3O5. The van der Waals surface area contributed by atoms with E-state index in [4.69, 9.17) is 21.1 Å². The number of nitrogens with one attached hydrogen (secondary N) is 2. The number of anilines is 2. The highest BCUT2D eigenvalue weighted by Crippen LogP contribution is 2.30. The van der Waals surface area contributed by atoms with Crippen LogP contribution in [0.4, 0.5) is 16.2 Å². The van der Waals surface area contributed by atoms with Crippen LogP contribution in [0, 0.1) is 0 Å². The molecule has 0 saturated carbocycles. The van der Waals surface area contributed by atoms with Gasteiger partial charge in [-0.15, -0.1) is 0 Å². The van der Waals surface area contributed by atoms with Crippen LogP contribution in [0.5, 0.6) is 11.5 Å². The first-order valence-corrected chi connectivity index (χ1v) is 10.6. The average molecular weight is 478 g/mol. The topological polar surface area (TPSA) is 97.0 Å². The molecule has 0 aromatic heterocycles. The zero-order valence-corrected chi connectivity index (χ0v) is 18.8. The molecule has 9 heteroatoms. The second kappa shape index (κ2) is 10.1. The Bertz CT molecular complexity index is 1280. The van der Waals surface area contributed by atoms with E-state index in [-0.39, 0.29) is 18.2 Å². The SMILES string of the molecule is COc1cc(/C=C2/NC(=O)N(c3cccc(Cl)c3)C2=O)ccc1OCC(=O)Nc1ccccc1. The molecule has 1 saturated heterocycles. The van der Waals surface area contributed by atoms with Gasteiger partial charge in [0.25, 0.3) is 11.8 Å². The molecule has 1 aliphatic heterocycles. The van der Waals surface area contributed by atoms with Gasteiger partial charge in [-0.25, -0.2) is 9.69 Å². The van der Waals surface area contributed by atoms with Gasteiger partial charge < -0.3 is 20.1 Å². The fraction of sp³-hybridized carbons (Fsp3) is 0.0800. The van der Waals surface area contributed by atoms with Crippen molar-refractivity contribution in [1.82, 2.24) is 5.32 Å². The van der Waals surface area contributed by atoms with Gasteiger partial charge in [0.2, 0.25) is 0 Å². The van der Waals surface area contributed by atoms with Gasteiger partial charge >= 0.3 is 6.03 Å². The lowest BCUT2D eigenvalue weighted by atomic mass is 10.1. The van der Waals surface area contributed by atoms with Crippen LogP contribution in [0.3, 0.4) is 0 Å². The minimum Gasteiger partial charge on any atom is -0.493 e. The first-order chi connectivity index (χ1) is 16.4. The Balaban J connectivity index is 1.46.